The van der Waals surface area contributed by atoms with E-state index in [0.29, 0.717) is 17.0 Å². The van der Waals surface area contributed by atoms with Crippen molar-refractivity contribution in [3.63, 3.8) is 0 Å². The fourth-order valence-electron chi connectivity index (χ4n) is 4.78. The van der Waals surface area contributed by atoms with E-state index in [4.69, 9.17) is 0 Å². The molecule has 0 aliphatic carbocycles. The van der Waals surface area contributed by atoms with E-state index >= 15 is 0 Å². The molecule has 2 heterocycles. The highest BCUT2D eigenvalue weighted by molar-refractivity contribution is 6.45. The number of benzene rings is 2. The molecule has 2 aliphatic heterocycles. The van der Waals surface area contributed by atoms with Gasteiger partial charge in [0.15, 0.2) is 0 Å². The molecule has 2 aromatic rings. The molecule has 0 N–H and O–H groups in total. The molecule has 33 heavy (non-hydrogen) atoms. The van der Waals surface area contributed by atoms with Crippen molar-refractivity contribution in [2.24, 2.45) is 0 Å². The first-order valence-electron chi connectivity index (χ1n) is 11.9. The van der Waals surface area contributed by atoms with Gasteiger partial charge in [0.05, 0.1) is 11.3 Å². The van der Waals surface area contributed by atoms with Gasteiger partial charge in [-0.15, -0.1) is 0 Å². The van der Waals surface area contributed by atoms with Crippen LogP contribution in [0, 0.1) is 13.8 Å². The summed E-state index contributed by atoms with van der Waals surface area (Å²) in [5.74, 6) is -0.452. The molecule has 0 unspecified atom stereocenters. The third-order valence-electron chi connectivity index (χ3n) is 6.84. The minimum absolute atomic E-state index is 0.00406. The summed E-state index contributed by atoms with van der Waals surface area (Å²) in [6.45, 7) is 16.9. The van der Waals surface area contributed by atoms with Gasteiger partial charge in [0.25, 0.3) is 11.8 Å². The van der Waals surface area contributed by atoms with Crippen molar-refractivity contribution in [3.05, 3.63) is 70.4 Å². The van der Waals surface area contributed by atoms with Crippen molar-refractivity contribution < 1.29 is 9.59 Å². The summed E-state index contributed by atoms with van der Waals surface area (Å²) in [4.78, 5) is 33.5. The predicted octanol–water partition coefficient (Wildman–Crippen LogP) is 4.52. The lowest BCUT2D eigenvalue weighted by atomic mass is 9.87. The number of hydrogen-bond acceptors (Lipinski definition) is 4. The van der Waals surface area contributed by atoms with Crippen molar-refractivity contribution in [2.75, 3.05) is 37.6 Å². The van der Waals surface area contributed by atoms with Crippen LogP contribution < -0.4 is 4.90 Å². The standard InChI is InChI=1S/C28H35N3O2/c1-7-29-14-16-30(17-15-29)25-24(23-13-8-19(2)18-20(23)3)26(32)31(27(25)33)22-11-9-21(10-12-22)28(4,5)6/h8-13,18H,7,14-17H2,1-6H3. The van der Waals surface area contributed by atoms with Gasteiger partial charge in [-0.05, 0) is 54.6 Å². The molecule has 0 saturated carbocycles. The third-order valence-corrected chi connectivity index (χ3v) is 6.84. The smallest absolute Gasteiger partial charge is 0.282 e. The molecule has 2 aromatic carbocycles. The second-order valence-corrected chi connectivity index (χ2v) is 10.2. The van der Waals surface area contributed by atoms with Gasteiger partial charge < -0.3 is 9.80 Å². The van der Waals surface area contributed by atoms with Crippen LogP contribution in [0.15, 0.2) is 48.2 Å². The van der Waals surface area contributed by atoms with E-state index < -0.39 is 0 Å². The van der Waals surface area contributed by atoms with Crippen LogP contribution in [0.2, 0.25) is 0 Å². The van der Waals surface area contributed by atoms with Crippen LogP contribution in [0.1, 0.15) is 49.9 Å². The SMILES string of the molecule is CCN1CCN(C2=C(c3ccc(C)cc3C)C(=O)N(c3ccc(C(C)(C)C)cc3)C2=O)CC1. The monoisotopic (exact) mass is 445 g/mol. The summed E-state index contributed by atoms with van der Waals surface area (Å²) >= 11 is 0. The lowest BCUT2D eigenvalue weighted by molar-refractivity contribution is -0.120. The topological polar surface area (TPSA) is 43.9 Å². The first-order valence-corrected chi connectivity index (χ1v) is 11.9. The second kappa shape index (κ2) is 8.79. The van der Waals surface area contributed by atoms with Crippen LogP contribution in [0.3, 0.4) is 0 Å². The third kappa shape index (κ3) is 4.34. The van der Waals surface area contributed by atoms with E-state index in [0.717, 1.165) is 49.4 Å². The maximum Gasteiger partial charge on any atom is 0.282 e. The van der Waals surface area contributed by atoms with Crippen molar-refractivity contribution in [2.45, 2.75) is 47.0 Å². The molecule has 174 valence electrons. The number of carbonyl (C=O) groups is 2. The Hall–Kier alpha value is -2.92. The zero-order chi connectivity index (χ0) is 23.9. The number of imide groups is 1. The van der Waals surface area contributed by atoms with Crippen molar-refractivity contribution in [1.82, 2.24) is 9.80 Å². The van der Waals surface area contributed by atoms with Gasteiger partial charge in [-0.1, -0.05) is 63.6 Å². The molecule has 4 rings (SSSR count). The highest BCUT2D eigenvalue weighted by atomic mass is 16.2. The Morgan fingerprint density at radius 3 is 2.03 bits per heavy atom. The van der Waals surface area contributed by atoms with Crippen molar-refractivity contribution >= 4 is 23.1 Å². The van der Waals surface area contributed by atoms with Gasteiger partial charge >= 0.3 is 0 Å². The Bertz CT molecular complexity index is 1100. The summed E-state index contributed by atoms with van der Waals surface area (Å²) in [6, 6.07) is 13.9. The van der Waals surface area contributed by atoms with Crippen molar-refractivity contribution in [1.29, 1.82) is 0 Å². The van der Waals surface area contributed by atoms with Gasteiger partial charge in [-0.2, -0.15) is 0 Å². The molecule has 1 fully saturated rings. The van der Waals surface area contributed by atoms with Gasteiger partial charge in [0, 0.05) is 26.2 Å². The van der Waals surface area contributed by atoms with Crippen LogP contribution in [-0.2, 0) is 15.0 Å². The van der Waals surface area contributed by atoms with Crippen LogP contribution in [-0.4, -0.2) is 54.3 Å². The predicted molar refractivity (Wildman–Crippen MR) is 134 cm³/mol. The first-order chi connectivity index (χ1) is 15.6. The molecule has 0 aromatic heterocycles. The zero-order valence-electron chi connectivity index (χ0n) is 20.7. The molecule has 0 bridgehead atoms. The maximum absolute atomic E-state index is 13.8. The lowest BCUT2D eigenvalue weighted by Gasteiger charge is -2.36. The Morgan fingerprint density at radius 2 is 1.48 bits per heavy atom. The van der Waals surface area contributed by atoms with Crippen LogP contribution in [0.4, 0.5) is 5.69 Å². The summed E-state index contributed by atoms with van der Waals surface area (Å²) in [5.41, 5.74) is 5.88. The minimum Gasteiger partial charge on any atom is -0.364 e. The molecule has 5 heteroatoms. The molecule has 2 aliphatic rings. The molecule has 1 saturated heterocycles. The van der Waals surface area contributed by atoms with Gasteiger partial charge in [-0.25, -0.2) is 4.90 Å². The fraction of sp³-hybridized carbons (Fsp3) is 0.429. The van der Waals surface area contributed by atoms with Crippen LogP contribution >= 0.6 is 0 Å². The van der Waals surface area contributed by atoms with E-state index in [9.17, 15) is 9.59 Å². The summed E-state index contributed by atoms with van der Waals surface area (Å²) in [6.07, 6.45) is 0. The molecule has 5 nitrogen and oxygen atoms in total. The summed E-state index contributed by atoms with van der Waals surface area (Å²) in [5, 5.41) is 0. The van der Waals surface area contributed by atoms with Gasteiger partial charge in [0.1, 0.15) is 5.70 Å². The minimum atomic E-state index is -0.233. The Morgan fingerprint density at radius 1 is 0.848 bits per heavy atom. The Kier molecular flexibility index (Phi) is 6.19. The van der Waals surface area contributed by atoms with E-state index in [1.54, 1.807) is 0 Å². The number of nitrogens with zero attached hydrogens (tertiary/aromatic N) is 3. The van der Waals surface area contributed by atoms with E-state index in [-0.39, 0.29) is 17.2 Å². The highest BCUT2D eigenvalue weighted by Crippen LogP contribution is 2.37. The zero-order valence-corrected chi connectivity index (χ0v) is 20.7. The number of piperazine rings is 1. The number of anilines is 1. The van der Waals surface area contributed by atoms with Gasteiger partial charge in [-0.3, -0.25) is 9.59 Å². The van der Waals surface area contributed by atoms with Crippen molar-refractivity contribution in [3.8, 4) is 0 Å². The van der Waals surface area contributed by atoms with Crippen LogP contribution in [0.5, 0.6) is 0 Å². The van der Waals surface area contributed by atoms with Crippen LogP contribution in [0.25, 0.3) is 5.57 Å². The average molecular weight is 446 g/mol. The summed E-state index contributed by atoms with van der Waals surface area (Å²) in [7, 11) is 0. The molecular weight excluding hydrogens is 410 g/mol. The second-order valence-electron chi connectivity index (χ2n) is 10.2. The van der Waals surface area contributed by atoms with E-state index in [1.807, 2.05) is 50.2 Å². The number of likely N-dealkylation sites (N-methyl/N-ethyl adjacent to an activating group) is 1. The normalized spacial score (nSPS) is 18.0. The Balaban J connectivity index is 1.77. The first kappa shape index (κ1) is 23.2. The average Bonchev–Trinajstić information content (AvgIpc) is 3.03. The largest absolute Gasteiger partial charge is 0.364 e. The molecular formula is C28H35N3O2. The van der Waals surface area contributed by atoms with E-state index in [1.165, 1.54) is 10.5 Å². The number of carbonyl (C=O) groups excluding carboxylic acids is 2. The number of hydrogen-bond donors (Lipinski definition) is 0. The fourth-order valence-corrected chi connectivity index (χ4v) is 4.78. The lowest BCUT2D eigenvalue weighted by Crippen LogP contribution is -2.47. The van der Waals surface area contributed by atoms with Gasteiger partial charge in [0.2, 0.25) is 0 Å². The molecule has 0 spiro atoms. The summed E-state index contributed by atoms with van der Waals surface area (Å²) < 4.78 is 0. The number of rotatable bonds is 4. The number of aryl methyl sites for hydroxylation is 2. The van der Waals surface area contributed by atoms with E-state index in [2.05, 4.69) is 43.6 Å². The number of amides is 2. The highest BCUT2D eigenvalue weighted by Gasteiger charge is 2.43. The maximum atomic E-state index is 13.8. The molecule has 2 amide bonds. The molecule has 0 atom stereocenters. The molecule has 0 radical (unpaired) electrons. The quantitative estimate of drug-likeness (QED) is 0.649. The Labute approximate surface area is 197 Å².